The van der Waals surface area contributed by atoms with Crippen molar-refractivity contribution in [1.82, 2.24) is 9.97 Å². The van der Waals surface area contributed by atoms with Crippen molar-refractivity contribution >= 4 is 28.3 Å². The van der Waals surface area contributed by atoms with Gasteiger partial charge in [-0.2, -0.15) is 0 Å². The monoisotopic (exact) mass is 315 g/mol. The molecule has 0 aliphatic rings. The molecule has 4 nitrogen and oxygen atoms in total. The van der Waals surface area contributed by atoms with Gasteiger partial charge in [-0.3, -0.25) is 0 Å². The predicted octanol–water partition coefficient (Wildman–Crippen LogP) is 3.55. The number of anilines is 1. The van der Waals surface area contributed by atoms with Crippen LogP contribution in [0.2, 0.25) is 0 Å². The van der Waals surface area contributed by atoms with Crippen LogP contribution in [0.25, 0.3) is 22.4 Å². The van der Waals surface area contributed by atoms with Crippen LogP contribution in [0.3, 0.4) is 0 Å². The summed E-state index contributed by atoms with van der Waals surface area (Å²) in [5, 5.41) is 12.8. The van der Waals surface area contributed by atoms with Gasteiger partial charge in [0.2, 0.25) is 0 Å². The van der Waals surface area contributed by atoms with E-state index < -0.39 is 6.10 Å². The Kier molecular flexibility index (Phi) is 4.32. The highest BCUT2D eigenvalue weighted by molar-refractivity contribution is 6.18. The summed E-state index contributed by atoms with van der Waals surface area (Å²) in [6.07, 6.45) is -0.559. The fourth-order valence-corrected chi connectivity index (χ4v) is 2.56. The van der Waals surface area contributed by atoms with E-state index in [1.54, 1.807) is 0 Å². The van der Waals surface area contributed by atoms with Gasteiger partial charge in [0.25, 0.3) is 0 Å². The van der Waals surface area contributed by atoms with Crippen LogP contribution in [0.15, 0.2) is 42.5 Å². The maximum Gasteiger partial charge on any atom is 0.138 e. The van der Waals surface area contributed by atoms with Crippen LogP contribution in [0.5, 0.6) is 0 Å². The number of para-hydroxylation sites is 2. The Labute approximate surface area is 134 Å². The summed E-state index contributed by atoms with van der Waals surface area (Å²) in [4.78, 5) is 7.99. The molecular formula is C17H18ClN3O. The molecule has 3 aromatic rings. The number of aromatic nitrogens is 2. The van der Waals surface area contributed by atoms with Crippen LogP contribution in [-0.2, 0) is 0 Å². The fraction of sp³-hybridized carbons (Fsp3) is 0.235. The van der Waals surface area contributed by atoms with Crippen molar-refractivity contribution in [2.75, 3.05) is 17.7 Å². The lowest BCUT2D eigenvalue weighted by atomic mass is 10.1. The van der Waals surface area contributed by atoms with E-state index in [1.807, 2.05) is 49.4 Å². The summed E-state index contributed by atoms with van der Waals surface area (Å²) in [6.45, 7) is 2.46. The molecule has 2 aromatic carbocycles. The summed E-state index contributed by atoms with van der Waals surface area (Å²) >= 11 is 5.63. The molecule has 1 heterocycles. The van der Waals surface area contributed by atoms with E-state index in [1.165, 1.54) is 0 Å². The number of halogens is 1. The minimum absolute atomic E-state index is 0.218. The number of aliphatic hydroxyl groups excluding tert-OH is 1. The number of aromatic amines is 1. The number of hydrogen-bond acceptors (Lipinski definition) is 3. The number of rotatable bonds is 5. The first kappa shape index (κ1) is 14.9. The van der Waals surface area contributed by atoms with Gasteiger partial charge in [-0.25, -0.2) is 4.98 Å². The maximum atomic E-state index is 9.58. The van der Waals surface area contributed by atoms with Crippen LogP contribution in [-0.4, -0.2) is 33.6 Å². The van der Waals surface area contributed by atoms with Gasteiger partial charge in [-0.15, -0.1) is 11.6 Å². The number of fused-ring (bicyclic) bond motifs is 1. The summed E-state index contributed by atoms with van der Waals surface area (Å²) in [5.74, 6) is 1.07. The second-order valence-electron chi connectivity index (χ2n) is 5.27. The lowest BCUT2D eigenvalue weighted by Crippen LogP contribution is -2.21. The average Bonchev–Trinajstić information content (AvgIpc) is 2.97. The number of alkyl halides is 1. The zero-order chi connectivity index (χ0) is 15.5. The van der Waals surface area contributed by atoms with Crippen LogP contribution < -0.4 is 5.32 Å². The molecule has 0 saturated carbocycles. The Morgan fingerprint density at radius 3 is 2.82 bits per heavy atom. The standard InChI is InChI=1S/C17H18ClN3O/c1-11-13(5-4-8-14(11)19-10-12(22)9-18)17-20-15-6-2-3-7-16(15)21-17/h2-8,12,19,22H,9-10H2,1H3,(H,20,21). The van der Waals surface area contributed by atoms with Crippen LogP contribution in [0, 0.1) is 6.92 Å². The van der Waals surface area contributed by atoms with Crippen molar-refractivity contribution in [2.24, 2.45) is 0 Å². The average molecular weight is 316 g/mol. The van der Waals surface area contributed by atoms with Crippen LogP contribution in [0.1, 0.15) is 5.56 Å². The number of aliphatic hydroxyl groups is 1. The van der Waals surface area contributed by atoms with Crippen LogP contribution >= 0.6 is 11.6 Å². The molecule has 0 saturated heterocycles. The number of nitrogens with one attached hydrogen (secondary N) is 2. The molecule has 0 amide bonds. The quantitative estimate of drug-likeness (QED) is 0.631. The molecule has 3 N–H and O–H groups in total. The number of H-pyrrole nitrogens is 1. The highest BCUT2D eigenvalue weighted by atomic mass is 35.5. The first-order valence-corrected chi connectivity index (χ1v) is 7.75. The topological polar surface area (TPSA) is 60.9 Å². The van der Waals surface area contributed by atoms with Crippen molar-refractivity contribution in [2.45, 2.75) is 13.0 Å². The first-order valence-electron chi connectivity index (χ1n) is 7.21. The lowest BCUT2D eigenvalue weighted by Gasteiger charge is -2.14. The Bertz CT molecular complexity index is 751. The molecule has 1 unspecified atom stereocenters. The molecule has 5 heteroatoms. The second-order valence-corrected chi connectivity index (χ2v) is 5.58. The third-order valence-corrected chi connectivity index (χ3v) is 4.04. The van der Waals surface area contributed by atoms with Crippen molar-refractivity contribution in [3.05, 3.63) is 48.0 Å². The molecule has 0 radical (unpaired) electrons. The molecule has 0 spiro atoms. The summed E-state index contributed by atoms with van der Waals surface area (Å²) < 4.78 is 0. The molecule has 0 aliphatic heterocycles. The van der Waals surface area contributed by atoms with Gasteiger partial charge in [-0.05, 0) is 30.7 Å². The fourth-order valence-electron chi connectivity index (χ4n) is 2.45. The van der Waals surface area contributed by atoms with Gasteiger partial charge in [0.15, 0.2) is 0 Å². The van der Waals surface area contributed by atoms with Crippen molar-refractivity contribution in [3.8, 4) is 11.4 Å². The van der Waals surface area contributed by atoms with Gasteiger partial charge >= 0.3 is 0 Å². The summed E-state index contributed by atoms with van der Waals surface area (Å²) in [6, 6.07) is 14.0. The Hall–Kier alpha value is -2.04. The second kappa shape index (κ2) is 6.38. The van der Waals surface area contributed by atoms with Crippen molar-refractivity contribution < 1.29 is 5.11 Å². The smallest absolute Gasteiger partial charge is 0.138 e. The SMILES string of the molecule is Cc1c(NCC(O)CCl)cccc1-c1nc2ccccc2[nH]1. The predicted molar refractivity (Wildman–Crippen MR) is 91.5 cm³/mol. The lowest BCUT2D eigenvalue weighted by molar-refractivity contribution is 0.211. The third kappa shape index (κ3) is 2.93. The normalized spacial score (nSPS) is 12.5. The number of benzene rings is 2. The molecule has 0 fully saturated rings. The molecule has 0 aliphatic carbocycles. The van der Waals surface area contributed by atoms with Crippen LogP contribution in [0.4, 0.5) is 5.69 Å². The van der Waals surface area contributed by atoms with E-state index in [0.29, 0.717) is 6.54 Å². The molecule has 22 heavy (non-hydrogen) atoms. The molecule has 114 valence electrons. The summed E-state index contributed by atoms with van der Waals surface area (Å²) in [5.41, 5.74) is 5.08. The summed E-state index contributed by atoms with van der Waals surface area (Å²) in [7, 11) is 0. The minimum Gasteiger partial charge on any atom is -0.390 e. The molecule has 3 rings (SSSR count). The van der Waals surface area contributed by atoms with Gasteiger partial charge < -0.3 is 15.4 Å². The molecule has 1 aromatic heterocycles. The minimum atomic E-state index is -0.559. The third-order valence-electron chi connectivity index (χ3n) is 3.68. The van der Waals surface area contributed by atoms with Gasteiger partial charge in [-0.1, -0.05) is 24.3 Å². The maximum absolute atomic E-state index is 9.58. The Balaban J connectivity index is 1.93. The number of hydrogen-bond donors (Lipinski definition) is 3. The highest BCUT2D eigenvalue weighted by Crippen LogP contribution is 2.28. The van der Waals surface area contributed by atoms with E-state index in [4.69, 9.17) is 11.6 Å². The molecule has 1 atom stereocenters. The zero-order valence-corrected chi connectivity index (χ0v) is 13.1. The van der Waals surface area contributed by atoms with Gasteiger partial charge in [0, 0.05) is 17.8 Å². The van der Waals surface area contributed by atoms with Crippen molar-refractivity contribution in [1.29, 1.82) is 0 Å². The van der Waals surface area contributed by atoms with E-state index in [9.17, 15) is 5.11 Å². The largest absolute Gasteiger partial charge is 0.390 e. The number of imidazole rings is 1. The molecular weight excluding hydrogens is 298 g/mol. The van der Waals surface area contributed by atoms with E-state index in [-0.39, 0.29) is 5.88 Å². The first-order chi connectivity index (χ1) is 10.7. The van der Waals surface area contributed by atoms with E-state index in [0.717, 1.165) is 33.7 Å². The van der Waals surface area contributed by atoms with Crippen molar-refractivity contribution in [3.63, 3.8) is 0 Å². The highest BCUT2D eigenvalue weighted by Gasteiger charge is 2.11. The number of nitrogens with zero attached hydrogens (tertiary/aromatic N) is 1. The van der Waals surface area contributed by atoms with Gasteiger partial charge in [0.05, 0.1) is 23.0 Å². The van der Waals surface area contributed by atoms with E-state index >= 15 is 0 Å². The molecule has 0 bridgehead atoms. The Morgan fingerprint density at radius 1 is 1.23 bits per heavy atom. The zero-order valence-electron chi connectivity index (χ0n) is 12.3. The van der Waals surface area contributed by atoms with Gasteiger partial charge in [0.1, 0.15) is 5.82 Å². The van der Waals surface area contributed by atoms with E-state index in [2.05, 4.69) is 15.3 Å². The Morgan fingerprint density at radius 2 is 2.05 bits per heavy atom.